The van der Waals surface area contributed by atoms with Gasteiger partial charge in [0.25, 0.3) is 21.5 Å². The molecule has 0 atom stereocenters. The molecule has 0 bridgehead atoms. The molecule has 5 rings (SSSR count). The Morgan fingerprint density at radius 1 is 0.944 bits per heavy atom. The first kappa shape index (κ1) is 23.2. The van der Waals surface area contributed by atoms with E-state index in [4.69, 9.17) is 9.47 Å². The lowest BCUT2D eigenvalue weighted by molar-refractivity contribution is 0.102. The van der Waals surface area contributed by atoms with Crippen LogP contribution in [0, 0.1) is 6.92 Å². The van der Waals surface area contributed by atoms with Crippen LogP contribution in [0.2, 0.25) is 0 Å². The summed E-state index contributed by atoms with van der Waals surface area (Å²) in [6.45, 7) is 1.75. The number of carbonyl (C=O) groups is 1. The number of sulfonamides is 1. The number of rotatable bonds is 6. The van der Waals surface area contributed by atoms with E-state index in [0.717, 1.165) is 0 Å². The van der Waals surface area contributed by atoms with Crippen LogP contribution in [0.25, 0.3) is 5.69 Å². The molecule has 10 nitrogen and oxygen atoms in total. The largest absolute Gasteiger partial charge is 0.454 e. The van der Waals surface area contributed by atoms with E-state index >= 15 is 0 Å². The molecular weight excluding hydrogens is 484 g/mol. The van der Waals surface area contributed by atoms with Crippen molar-refractivity contribution in [3.8, 4) is 17.2 Å². The summed E-state index contributed by atoms with van der Waals surface area (Å²) in [5.41, 5.74) is 1.04. The van der Waals surface area contributed by atoms with E-state index < -0.39 is 21.5 Å². The van der Waals surface area contributed by atoms with Gasteiger partial charge in [0.2, 0.25) is 6.79 Å². The van der Waals surface area contributed by atoms with Crippen molar-refractivity contribution < 1.29 is 22.7 Å². The lowest BCUT2D eigenvalue weighted by Gasteiger charge is -2.10. The van der Waals surface area contributed by atoms with Crippen LogP contribution < -0.4 is 25.1 Å². The monoisotopic (exact) mass is 506 g/mol. The minimum absolute atomic E-state index is 0.0726. The van der Waals surface area contributed by atoms with Gasteiger partial charge in [0, 0.05) is 24.4 Å². The summed E-state index contributed by atoms with van der Waals surface area (Å²) in [4.78, 5) is 25.8. The molecule has 0 saturated carbocycles. The van der Waals surface area contributed by atoms with Gasteiger partial charge in [-0.3, -0.25) is 19.0 Å². The van der Waals surface area contributed by atoms with E-state index in [-0.39, 0.29) is 22.9 Å². The van der Waals surface area contributed by atoms with Gasteiger partial charge < -0.3 is 14.8 Å². The minimum atomic E-state index is -4.17. The molecule has 0 radical (unpaired) electrons. The summed E-state index contributed by atoms with van der Waals surface area (Å²) in [6, 6.07) is 19.4. The van der Waals surface area contributed by atoms with Crippen LogP contribution in [0.3, 0.4) is 0 Å². The predicted octanol–water partition coefficient (Wildman–Crippen LogP) is 3.27. The van der Waals surface area contributed by atoms with Crippen molar-refractivity contribution >= 4 is 27.3 Å². The summed E-state index contributed by atoms with van der Waals surface area (Å²) in [5.74, 6) is 0.579. The molecule has 184 valence electrons. The molecule has 0 spiro atoms. The highest BCUT2D eigenvalue weighted by Crippen LogP contribution is 2.34. The predicted molar refractivity (Wildman–Crippen MR) is 134 cm³/mol. The fourth-order valence-electron chi connectivity index (χ4n) is 3.86. The second kappa shape index (κ2) is 8.93. The van der Waals surface area contributed by atoms with Gasteiger partial charge in [-0.2, -0.15) is 0 Å². The maximum atomic E-state index is 13.2. The number of anilines is 2. The molecule has 36 heavy (non-hydrogen) atoms. The van der Waals surface area contributed by atoms with Crippen LogP contribution in [-0.4, -0.2) is 30.5 Å². The third-order valence-corrected chi connectivity index (χ3v) is 7.17. The Bertz CT molecular complexity index is 1640. The lowest BCUT2D eigenvalue weighted by Crippen LogP contribution is -2.23. The maximum absolute atomic E-state index is 13.2. The number of para-hydroxylation sites is 1. The molecule has 1 aliphatic rings. The second-order valence-electron chi connectivity index (χ2n) is 8.09. The Kier molecular flexibility index (Phi) is 5.77. The molecule has 4 aromatic rings. The Morgan fingerprint density at radius 2 is 1.69 bits per heavy atom. The average Bonchev–Trinajstić information content (AvgIpc) is 3.42. The summed E-state index contributed by atoms with van der Waals surface area (Å²) < 4.78 is 42.3. The number of hydrogen-bond donors (Lipinski definition) is 2. The molecule has 2 N–H and O–H groups in total. The normalized spacial score (nSPS) is 12.4. The van der Waals surface area contributed by atoms with Crippen LogP contribution in [0.1, 0.15) is 16.1 Å². The first-order chi connectivity index (χ1) is 17.2. The molecule has 0 saturated heterocycles. The van der Waals surface area contributed by atoms with Crippen molar-refractivity contribution in [2.24, 2.45) is 7.05 Å². The number of hydrogen-bond acceptors (Lipinski definition) is 6. The van der Waals surface area contributed by atoms with Crippen LogP contribution in [-0.2, 0) is 17.1 Å². The van der Waals surface area contributed by atoms with Gasteiger partial charge in [0.1, 0.15) is 5.69 Å². The number of carbonyl (C=O) groups excluding carboxylic acids is 1. The molecule has 3 aromatic carbocycles. The van der Waals surface area contributed by atoms with Crippen molar-refractivity contribution in [1.82, 2.24) is 9.36 Å². The van der Waals surface area contributed by atoms with Crippen molar-refractivity contribution in [2.75, 3.05) is 16.8 Å². The highest BCUT2D eigenvalue weighted by atomic mass is 32.2. The number of nitrogens with zero attached hydrogens (tertiary/aromatic N) is 2. The van der Waals surface area contributed by atoms with Crippen LogP contribution in [0.4, 0.5) is 11.4 Å². The van der Waals surface area contributed by atoms with E-state index in [0.29, 0.717) is 28.6 Å². The summed E-state index contributed by atoms with van der Waals surface area (Å²) in [6.07, 6.45) is 0. The average molecular weight is 507 g/mol. The quantitative estimate of drug-likeness (QED) is 0.414. The molecular formula is C25H22N4O6S. The van der Waals surface area contributed by atoms with Gasteiger partial charge >= 0.3 is 0 Å². The first-order valence-electron chi connectivity index (χ1n) is 10.9. The van der Waals surface area contributed by atoms with Gasteiger partial charge in [-0.25, -0.2) is 13.1 Å². The topological polar surface area (TPSA) is 121 Å². The standard InChI is InChI=1S/C25H22N4O6S/c1-16-23(25(31)29(28(16)2)19-8-4-3-5-9-19)27-36(32,33)20-10-6-7-17(13-20)24(30)26-18-11-12-21-22(14-18)35-15-34-21/h3-14,27H,15H2,1-2H3,(H,26,30). The van der Waals surface area contributed by atoms with Crippen LogP contribution >= 0.6 is 0 Å². The molecule has 11 heteroatoms. The minimum Gasteiger partial charge on any atom is -0.454 e. The zero-order valence-corrected chi connectivity index (χ0v) is 20.2. The Morgan fingerprint density at radius 3 is 2.47 bits per heavy atom. The number of ether oxygens (including phenoxy) is 2. The third-order valence-electron chi connectivity index (χ3n) is 5.83. The van der Waals surface area contributed by atoms with Crippen molar-refractivity contribution in [2.45, 2.75) is 11.8 Å². The van der Waals surface area contributed by atoms with Crippen molar-refractivity contribution in [3.63, 3.8) is 0 Å². The molecule has 0 unspecified atom stereocenters. The number of nitrogens with one attached hydrogen (secondary N) is 2. The summed E-state index contributed by atoms with van der Waals surface area (Å²) >= 11 is 0. The molecule has 1 amide bonds. The first-order valence-corrected chi connectivity index (χ1v) is 12.4. The van der Waals surface area contributed by atoms with Gasteiger partial charge in [-0.15, -0.1) is 0 Å². The second-order valence-corrected chi connectivity index (χ2v) is 9.77. The number of fused-ring (bicyclic) bond motifs is 1. The summed E-state index contributed by atoms with van der Waals surface area (Å²) in [7, 11) is -2.50. The highest BCUT2D eigenvalue weighted by Gasteiger charge is 2.23. The van der Waals surface area contributed by atoms with Crippen molar-refractivity contribution in [1.29, 1.82) is 0 Å². The lowest BCUT2D eigenvalue weighted by atomic mass is 10.2. The van der Waals surface area contributed by atoms with E-state index in [1.807, 2.05) is 6.07 Å². The summed E-state index contributed by atoms with van der Waals surface area (Å²) in [5, 5.41) is 2.72. The zero-order chi connectivity index (χ0) is 25.4. The maximum Gasteiger partial charge on any atom is 0.296 e. The number of benzene rings is 3. The van der Waals surface area contributed by atoms with Crippen molar-refractivity contribution in [3.05, 3.63) is 94.4 Å². The molecule has 0 fully saturated rings. The molecule has 1 aromatic heterocycles. The van der Waals surface area contributed by atoms with E-state index in [1.165, 1.54) is 28.9 Å². The third kappa shape index (κ3) is 4.20. The zero-order valence-electron chi connectivity index (χ0n) is 19.4. The number of amides is 1. The fraction of sp³-hybridized carbons (Fsp3) is 0.120. The van der Waals surface area contributed by atoms with Gasteiger partial charge in [-0.05, 0) is 49.4 Å². The van der Waals surface area contributed by atoms with Gasteiger partial charge in [0.15, 0.2) is 11.5 Å². The molecule has 2 heterocycles. The van der Waals surface area contributed by atoms with E-state index in [1.54, 1.807) is 61.1 Å². The fourth-order valence-corrected chi connectivity index (χ4v) is 5.02. The molecule has 1 aliphatic heterocycles. The Balaban J connectivity index is 1.41. The van der Waals surface area contributed by atoms with Crippen LogP contribution in [0.15, 0.2) is 82.5 Å². The smallest absolute Gasteiger partial charge is 0.296 e. The SMILES string of the molecule is Cc1c(NS(=O)(=O)c2cccc(C(=O)Nc3ccc4c(c3)OCO4)c2)c(=O)n(-c2ccccc2)n1C. The highest BCUT2D eigenvalue weighted by molar-refractivity contribution is 7.92. The van der Waals surface area contributed by atoms with E-state index in [2.05, 4.69) is 10.0 Å². The van der Waals surface area contributed by atoms with Crippen LogP contribution in [0.5, 0.6) is 11.5 Å². The van der Waals surface area contributed by atoms with E-state index in [9.17, 15) is 18.0 Å². The van der Waals surface area contributed by atoms with Gasteiger partial charge in [0.05, 0.1) is 16.3 Å². The molecule has 0 aliphatic carbocycles. The Hall–Kier alpha value is -4.51. The van der Waals surface area contributed by atoms with Gasteiger partial charge in [-0.1, -0.05) is 24.3 Å². The number of aromatic nitrogens is 2. The Labute approximate surface area is 206 Å².